The second-order valence-corrected chi connectivity index (χ2v) is 3.63. The van der Waals surface area contributed by atoms with Crippen LogP contribution in [0.15, 0.2) is 12.2 Å². The van der Waals surface area contributed by atoms with Crippen molar-refractivity contribution >= 4 is 5.97 Å². The summed E-state index contributed by atoms with van der Waals surface area (Å²) < 4.78 is 82.6. The molecule has 10 heteroatoms. The van der Waals surface area contributed by atoms with Crippen LogP contribution in [0.4, 0.5) is 26.3 Å². The number of ether oxygens (including phenoxy) is 3. The second-order valence-electron chi connectivity index (χ2n) is 3.63. The van der Waals surface area contributed by atoms with Gasteiger partial charge in [0.1, 0.15) is 13.4 Å². The SMILES string of the molecule is C=C(COCOCC(F)(F)F)CC(=O)OCC(F)(F)F. The summed E-state index contributed by atoms with van der Waals surface area (Å²) in [5.74, 6) is -1.16. The molecule has 0 bridgehead atoms. The number of hydrogen-bond acceptors (Lipinski definition) is 4. The average Bonchev–Trinajstić information content (AvgIpc) is 2.23. The van der Waals surface area contributed by atoms with Crippen molar-refractivity contribution in [2.24, 2.45) is 0 Å². The number of hydrogen-bond donors (Lipinski definition) is 0. The van der Waals surface area contributed by atoms with Gasteiger partial charge in [-0.1, -0.05) is 6.58 Å². The van der Waals surface area contributed by atoms with Crippen LogP contribution in [0.5, 0.6) is 0 Å². The van der Waals surface area contributed by atoms with E-state index in [0.29, 0.717) is 0 Å². The third kappa shape index (κ3) is 13.1. The van der Waals surface area contributed by atoms with Crippen molar-refractivity contribution in [2.75, 3.05) is 26.6 Å². The van der Waals surface area contributed by atoms with Gasteiger partial charge in [-0.05, 0) is 5.57 Å². The van der Waals surface area contributed by atoms with E-state index in [1.165, 1.54) is 0 Å². The van der Waals surface area contributed by atoms with Gasteiger partial charge in [0.15, 0.2) is 6.61 Å². The fraction of sp³-hybridized carbons (Fsp3) is 0.700. The number of carbonyl (C=O) groups is 1. The van der Waals surface area contributed by atoms with Crippen molar-refractivity contribution in [3.63, 3.8) is 0 Å². The zero-order valence-electron chi connectivity index (χ0n) is 10.1. The molecular weight excluding hydrogens is 298 g/mol. The third-order valence-corrected chi connectivity index (χ3v) is 1.53. The summed E-state index contributed by atoms with van der Waals surface area (Å²) in [5.41, 5.74) is 0.0489. The van der Waals surface area contributed by atoms with Crippen LogP contribution >= 0.6 is 0 Å². The number of alkyl halides is 6. The largest absolute Gasteiger partial charge is 0.456 e. The number of carbonyl (C=O) groups excluding carboxylic acids is 1. The molecular formula is C10H12F6O4. The normalized spacial score (nSPS) is 12.3. The van der Waals surface area contributed by atoms with Gasteiger partial charge in [-0.2, -0.15) is 26.3 Å². The average molecular weight is 310 g/mol. The first kappa shape index (κ1) is 18.7. The van der Waals surface area contributed by atoms with Crippen LogP contribution in [0.2, 0.25) is 0 Å². The van der Waals surface area contributed by atoms with Gasteiger partial charge < -0.3 is 14.2 Å². The van der Waals surface area contributed by atoms with E-state index in [-0.39, 0.29) is 12.2 Å². The predicted molar refractivity (Wildman–Crippen MR) is 53.6 cm³/mol. The minimum absolute atomic E-state index is 0.0489. The molecule has 0 aliphatic heterocycles. The van der Waals surface area contributed by atoms with E-state index in [4.69, 9.17) is 0 Å². The number of esters is 1. The van der Waals surface area contributed by atoms with Gasteiger partial charge >= 0.3 is 18.3 Å². The molecule has 0 aromatic heterocycles. The molecule has 0 fully saturated rings. The highest BCUT2D eigenvalue weighted by Gasteiger charge is 2.29. The highest BCUT2D eigenvalue weighted by Crippen LogP contribution is 2.16. The van der Waals surface area contributed by atoms with Crippen molar-refractivity contribution in [2.45, 2.75) is 18.8 Å². The molecule has 0 aliphatic rings. The quantitative estimate of drug-likeness (QED) is 0.227. The van der Waals surface area contributed by atoms with Crippen LogP contribution in [0.3, 0.4) is 0 Å². The molecule has 0 N–H and O–H groups in total. The molecule has 0 aromatic carbocycles. The maximum atomic E-state index is 11.7. The molecule has 0 radical (unpaired) electrons. The topological polar surface area (TPSA) is 44.8 Å². The molecule has 0 rings (SSSR count). The van der Waals surface area contributed by atoms with Crippen LogP contribution in [0.25, 0.3) is 0 Å². The summed E-state index contributed by atoms with van der Waals surface area (Å²) in [6, 6.07) is 0. The molecule has 0 amide bonds. The number of halogens is 6. The van der Waals surface area contributed by atoms with Gasteiger partial charge in [0.25, 0.3) is 0 Å². The van der Waals surface area contributed by atoms with Crippen LogP contribution in [-0.4, -0.2) is 44.9 Å². The standard InChI is InChI=1S/C10H12F6O4/c1-7(2-8(17)20-5-10(14,15)16)3-18-6-19-4-9(11,12)13/h1-6H2. The summed E-state index contributed by atoms with van der Waals surface area (Å²) >= 11 is 0. The smallest absolute Gasteiger partial charge is 0.422 e. The fourth-order valence-electron chi connectivity index (χ4n) is 0.871. The van der Waals surface area contributed by atoms with Crippen molar-refractivity contribution in [3.05, 3.63) is 12.2 Å². The van der Waals surface area contributed by atoms with Crippen molar-refractivity contribution in [3.8, 4) is 0 Å². The zero-order chi connectivity index (χ0) is 15.8. The first-order valence-corrected chi connectivity index (χ1v) is 5.11. The van der Waals surface area contributed by atoms with Gasteiger partial charge in [-0.15, -0.1) is 0 Å². The Morgan fingerprint density at radius 3 is 2.00 bits per heavy atom. The molecule has 4 nitrogen and oxygen atoms in total. The maximum absolute atomic E-state index is 11.7. The summed E-state index contributed by atoms with van der Waals surface area (Å²) in [4.78, 5) is 10.9. The van der Waals surface area contributed by atoms with E-state index in [9.17, 15) is 31.1 Å². The Bertz CT molecular complexity index is 323. The monoisotopic (exact) mass is 310 g/mol. The lowest BCUT2D eigenvalue weighted by Crippen LogP contribution is -2.21. The third-order valence-electron chi connectivity index (χ3n) is 1.53. The van der Waals surface area contributed by atoms with Crippen molar-refractivity contribution < 1.29 is 45.3 Å². The Hall–Kier alpha value is -1.29. The minimum Gasteiger partial charge on any atom is -0.456 e. The maximum Gasteiger partial charge on any atom is 0.422 e. The molecule has 0 saturated carbocycles. The molecule has 0 heterocycles. The van der Waals surface area contributed by atoms with E-state index in [1.807, 2.05) is 0 Å². The van der Waals surface area contributed by atoms with E-state index in [2.05, 4.69) is 20.8 Å². The first-order valence-electron chi connectivity index (χ1n) is 5.11. The Balaban J connectivity index is 3.66. The highest BCUT2D eigenvalue weighted by atomic mass is 19.4. The molecule has 20 heavy (non-hydrogen) atoms. The Labute approximate surface area is 110 Å². The lowest BCUT2D eigenvalue weighted by Gasteiger charge is -2.10. The fourth-order valence-corrected chi connectivity index (χ4v) is 0.871. The highest BCUT2D eigenvalue weighted by molar-refractivity contribution is 5.72. The van der Waals surface area contributed by atoms with E-state index in [1.54, 1.807) is 0 Å². The zero-order valence-corrected chi connectivity index (χ0v) is 10.1. The van der Waals surface area contributed by atoms with E-state index < -0.39 is 44.7 Å². The molecule has 0 unspecified atom stereocenters. The Morgan fingerprint density at radius 1 is 0.950 bits per heavy atom. The molecule has 0 atom stereocenters. The van der Waals surface area contributed by atoms with Crippen molar-refractivity contribution in [1.82, 2.24) is 0 Å². The lowest BCUT2D eigenvalue weighted by atomic mass is 10.2. The summed E-state index contributed by atoms with van der Waals surface area (Å²) in [6.07, 6.45) is -9.64. The lowest BCUT2D eigenvalue weighted by molar-refractivity contribution is -0.195. The predicted octanol–water partition coefficient (Wildman–Crippen LogP) is 2.59. The van der Waals surface area contributed by atoms with Crippen LogP contribution < -0.4 is 0 Å². The minimum atomic E-state index is -4.63. The molecule has 0 saturated heterocycles. The van der Waals surface area contributed by atoms with Gasteiger partial charge in [-0.3, -0.25) is 4.79 Å². The second kappa shape index (κ2) is 8.10. The van der Waals surface area contributed by atoms with Gasteiger partial charge in [0.2, 0.25) is 0 Å². The summed E-state index contributed by atoms with van der Waals surface area (Å²) in [5, 5.41) is 0. The molecule has 0 spiro atoms. The number of rotatable bonds is 8. The molecule has 118 valence electrons. The molecule has 0 aromatic rings. The Kier molecular flexibility index (Phi) is 7.58. The van der Waals surface area contributed by atoms with Gasteiger partial charge in [0, 0.05) is 0 Å². The van der Waals surface area contributed by atoms with Gasteiger partial charge in [-0.25, -0.2) is 0 Å². The summed E-state index contributed by atoms with van der Waals surface area (Å²) in [6.45, 7) is -0.925. The van der Waals surface area contributed by atoms with E-state index >= 15 is 0 Å². The Morgan fingerprint density at radius 2 is 1.50 bits per heavy atom. The first-order chi connectivity index (χ1) is 8.99. The van der Waals surface area contributed by atoms with Crippen LogP contribution in [0, 0.1) is 0 Å². The van der Waals surface area contributed by atoms with Crippen LogP contribution in [0.1, 0.15) is 6.42 Å². The summed E-state index contributed by atoms with van der Waals surface area (Å²) in [7, 11) is 0. The van der Waals surface area contributed by atoms with Gasteiger partial charge in [0.05, 0.1) is 13.0 Å². The molecule has 0 aliphatic carbocycles. The van der Waals surface area contributed by atoms with Crippen molar-refractivity contribution in [1.29, 1.82) is 0 Å². The van der Waals surface area contributed by atoms with Crippen LogP contribution in [-0.2, 0) is 19.0 Å². The van der Waals surface area contributed by atoms with E-state index in [0.717, 1.165) is 0 Å².